The van der Waals surface area contributed by atoms with E-state index in [9.17, 15) is 9.18 Å². The molecule has 0 spiro atoms. The predicted molar refractivity (Wildman–Crippen MR) is 121 cm³/mol. The Kier molecular flexibility index (Phi) is 5.58. The van der Waals surface area contributed by atoms with Crippen LogP contribution in [0.1, 0.15) is 25.7 Å². The molecule has 2 fully saturated rings. The number of rotatable bonds is 6. The molecular formula is C22H25ClFN7O. The van der Waals surface area contributed by atoms with Crippen LogP contribution in [0.5, 0.6) is 0 Å². The van der Waals surface area contributed by atoms with Crippen LogP contribution in [-0.2, 0) is 11.8 Å². The van der Waals surface area contributed by atoms with Crippen LogP contribution in [0.25, 0.3) is 11.0 Å². The zero-order valence-corrected chi connectivity index (χ0v) is 18.5. The Morgan fingerprint density at radius 1 is 1.25 bits per heavy atom. The molecule has 8 nitrogen and oxygen atoms in total. The Morgan fingerprint density at radius 3 is 2.88 bits per heavy atom. The highest BCUT2D eigenvalue weighted by Gasteiger charge is 2.37. The minimum Gasteiger partial charge on any atom is -0.373 e. The number of nitrogens with zero attached hydrogens (tertiary/aromatic N) is 5. The molecule has 0 radical (unpaired) electrons. The standard InChI is InChI=1S/C22H25ClFN7O/c1-30-20-18(10-27-30)21(26-12-25-20)31-6-2-3-16(11-31)29-22(32)19(13-4-5-13)28-17-8-14(23)7-15(24)9-17/h7-10,12-13,16,19,28H,2-6,11H2,1H3,(H,29,32)/t16-,19-/m1/s1. The molecule has 1 saturated heterocycles. The van der Waals surface area contributed by atoms with Gasteiger partial charge in [-0.3, -0.25) is 9.48 Å². The Hall–Kier alpha value is -2.94. The van der Waals surface area contributed by atoms with E-state index in [2.05, 4.69) is 30.6 Å². The number of anilines is 2. The third-order valence-electron chi connectivity index (χ3n) is 6.14. The molecular weight excluding hydrogens is 433 g/mol. The van der Waals surface area contributed by atoms with Gasteiger partial charge in [-0.05, 0) is 49.8 Å². The van der Waals surface area contributed by atoms with Crippen LogP contribution in [0.3, 0.4) is 0 Å². The van der Waals surface area contributed by atoms with Gasteiger partial charge >= 0.3 is 0 Å². The van der Waals surface area contributed by atoms with Gasteiger partial charge in [0.2, 0.25) is 5.91 Å². The number of aromatic nitrogens is 4. The molecule has 5 rings (SSSR count). The van der Waals surface area contributed by atoms with Gasteiger partial charge in [0, 0.05) is 36.9 Å². The second kappa shape index (κ2) is 8.54. The van der Waals surface area contributed by atoms with E-state index >= 15 is 0 Å². The van der Waals surface area contributed by atoms with Crippen LogP contribution in [-0.4, -0.2) is 50.8 Å². The Bertz CT molecular complexity index is 1130. The van der Waals surface area contributed by atoms with E-state index < -0.39 is 11.9 Å². The molecule has 1 aliphatic carbocycles. The Morgan fingerprint density at radius 2 is 2.09 bits per heavy atom. The first-order chi connectivity index (χ1) is 15.5. The molecule has 2 N–H and O–H groups in total. The fraction of sp³-hybridized carbons (Fsp3) is 0.455. The summed E-state index contributed by atoms with van der Waals surface area (Å²) in [6.45, 7) is 1.52. The van der Waals surface area contributed by atoms with E-state index in [0.29, 0.717) is 17.3 Å². The van der Waals surface area contributed by atoms with Gasteiger partial charge in [-0.15, -0.1) is 0 Å². The lowest BCUT2D eigenvalue weighted by molar-refractivity contribution is -0.123. The van der Waals surface area contributed by atoms with Gasteiger partial charge in [0.25, 0.3) is 0 Å². The van der Waals surface area contributed by atoms with Crippen molar-refractivity contribution in [2.24, 2.45) is 13.0 Å². The maximum atomic E-state index is 13.7. The first-order valence-electron chi connectivity index (χ1n) is 10.9. The molecule has 10 heteroatoms. The van der Waals surface area contributed by atoms with Crippen LogP contribution >= 0.6 is 11.6 Å². The smallest absolute Gasteiger partial charge is 0.243 e. The second-order valence-electron chi connectivity index (χ2n) is 8.61. The average molecular weight is 458 g/mol. The normalized spacial score (nSPS) is 19.7. The van der Waals surface area contributed by atoms with Gasteiger partial charge in [-0.2, -0.15) is 5.10 Å². The lowest BCUT2D eigenvalue weighted by Crippen LogP contribution is -2.52. The van der Waals surface area contributed by atoms with Crippen molar-refractivity contribution in [2.75, 3.05) is 23.3 Å². The van der Waals surface area contributed by atoms with Crippen LogP contribution in [0.15, 0.2) is 30.7 Å². The summed E-state index contributed by atoms with van der Waals surface area (Å²) in [6, 6.07) is 3.85. The van der Waals surface area contributed by atoms with Gasteiger partial charge in [0.05, 0.1) is 11.6 Å². The Labute approximate surface area is 190 Å². The number of carbonyl (C=O) groups is 1. The lowest BCUT2D eigenvalue weighted by atomic mass is 10.0. The number of fused-ring (bicyclic) bond motifs is 1. The fourth-order valence-corrected chi connectivity index (χ4v) is 4.65. The van der Waals surface area contributed by atoms with Crippen molar-refractivity contribution in [2.45, 2.75) is 37.8 Å². The molecule has 1 aliphatic heterocycles. The summed E-state index contributed by atoms with van der Waals surface area (Å²) in [5.74, 6) is 0.598. The summed E-state index contributed by atoms with van der Waals surface area (Å²) in [5, 5.41) is 11.9. The highest BCUT2D eigenvalue weighted by molar-refractivity contribution is 6.30. The zero-order valence-electron chi connectivity index (χ0n) is 17.8. The molecule has 1 aromatic carbocycles. The molecule has 2 aromatic heterocycles. The van der Waals surface area contributed by atoms with E-state index in [1.165, 1.54) is 12.1 Å². The topological polar surface area (TPSA) is 88.0 Å². The average Bonchev–Trinajstić information content (AvgIpc) is 3.53. The minimum absolute atomic E-state index is 0.00270. The van der Waals surface area contributed by atoms with Gasteiger partial charge in [-0.25, -0.2) is 14.4 Å². The minimum atomic E-state index is -0.426. The summed E-state index contributed by atoms with van der Waals surface area (Å²) >= 11 is 5.98. The summed E-state index contributed by atoms with van der Waals surface area (Å²) in [5.41, 5.74) is 1.31. The molecule has 168 valence electrons. The molecule has 1 amide bonds. The van der Waals surface area contributed by atoms with Gasteiger partial charge in [-0.1, -0.05) is 11.6 Å². The Balaban J connectivity index is 1.28. The van der Waals surface area contributed by atoms with Crippen molar-refractivity contribution in [3.8, 4) is 0 Å². The predicted octanol–water partition coefficient (Wildman–Crippen LogP) is 3.13. The molecule has 0 bridgehead atoms. The number of halogens is 2. The molecule has 3 aromatic rings. The quantitative estimate of drug-likeness (QED) is 0.591. The van der Waals surface area contributed by atoms with Gasteiger partial charge < -0.3 is 15.5 Å². The van der Waals surface area contributed by atoms with Gasteiger partial charge in [0.1, 0.15) is 24.0 Å². The van der Waals surface area contributed by atoms with Crippen molar-refractivity contribution in [1.82, 2.24) is 25.1 Å². The number of benzene rings is 1. The lowest BCUT2D eigenvalue weighted by Gasteiger charge is -2.35. The number of nitrogens with one attached hydrogen (secondary N) is 2. The third kappa shape index (κ3) is 4.34. The molecule has 32 heavy (non-hydrogen) atoms. The van der Waals surface area contributed by atoms with Crippen LogP contribution < -0.4 is 15.5 Å². The maximum absolute atomic E-state index is 13.7. The van der Waals surface area contributed by atoms with Crippen molar-refractivity contribution >= 4 is 40.0 Å². The number of hydrogen-bond donors (Lipinski definition) is 2. The molecule has 1 saturated carbocycles. The molecule has 2 atom stereocenters. The summed E-state index contributed by atoms with van der Waals surface area (Å²) in [7, 11) is 1.86. The second-order valence-corrected chi connectivity index (χ2v) is 9.05. The van der Waals surface area contributed by atoms with E-state index in [1.807, 2.05) is 7.05 Å². The van der Waals surface area contributed by atoms with Crippen LogP contribution in [0, 0.1) is 11.7 Å². The van der Waals surface area contributed by atoms with Crippen LogP contribution in [0.2, 0.25) is 5.02 Å². The SMILES string of the molecule is Cn1ncc2c(N3CCC[C@@H](NC(=O)[C@H](Nc4cc(F)cc(Cl)c4)C4CC4)C3)ncnc21. The molecule has 3 heterocycles. The number of hydrogen-bond acceptors (Lipinski definition) is 6. The third-order valence-corrected chi connectivity index (χ3v) is 6.35. The highest BCUT2D eigenvalue weighted by atomic mass is 35.5. The zero-order chi connectivity index (χ0) is 22.2. The molecule has 2 aliphatic rings. The van der Waals surface area contributed by atoms with Crippen molar-refractivity contribution in [1.29, 1.82) is 0 Å². The first kappa shape index (κ1) is 20.9. The maximum Gasteiger partial charge on any atom is 0.243 e. The van der Waals surface area contributed by atoms with Gasteiger partial charge in [0.15, 0.2) is 5.65 Å². The van der Waals surface area contributed by atoms with Crippen LogP contribution in [0.4, 0.5) is 15.9 Å². The summed E-state index contributed by atoms with van der Waals surface area (Å²) < 4.78 is 15.5. The van der Waals surface area contributed by atoms with Crippen molar-refractivity contribution in [3.05, 3.63) is 41.6 Å². The van der Waals surface area contributed by atoms with E-state index in [4.69, 9.17) is 11.6 Å². The number of amides is 1. The monoisotopic (exact) mass is 457 g/mol. The fourth-order valence-electron chi connectivity index (χ4n) is 4.42. The van der Waals surface area contributed by atoms with Crippen molar-refractivity contribution < 1.29 is 9.18 Å². The first-order valence-corrected chi connectivity index (χ1v) is 11.3. The van der Waals surface area contributed by atoms with E-state index in [-0.39, 0.29) is 17.9 Å². The largest absolute Gasteiger partial charge is 0.373 e. The summed E-state index contributed by atoms with van der Waals surface area (Å²) in [4.78, 5) is 24.2. The number of carbonyl (C=O) groups excluding carboxylic acids is 1. The number of aryl methyl sites for hydroxylation is 1. The van der Waals surface area contributed by atoms with E-state index in [0.717, 1.165) is 49.1 Å². The van der Waals surface area contributed by atoms with Crippen molar-refractivity contribution in [3.63, 3.8) is 0 Å². The molecule has 0 unspecified atom stereocenters. The van der Waals surface area contributed by atoms with E-state index in [1.54, 1.807) is 23.3 Å². The number of piperidine rings is 1. The highest BCUT2D eigenvalue weighted by Crippen LogP contribution is 2.35. The summed E-state index contributed by atoms with van der Waals surface area (Å²) in [6.07, 6.45) is 7.13.